The van der Waals surface area contributed by atoms with Gasteiger partial charge in [-0.3, -0.25) is 4.90 Å². The highest BCUT2D eigenvalue weighted by Crippen LogP contribution is 2.18. The summed E-state index contributed by atoms with van der Waals surface area (Å²) >= 11 is 0. The van der Waals surface area contributed by atoms with Crippen molar-refractivity contribution in [2.75, 3.05) is 33.2 Å². The number of likely N-dealkylation sites (N-methyl/N-ethyl adjacent to an activating group) is 1. The van der Waals surface area contributed by atoms with E-state index in [1.54, 1.807) is 0 Å². The van der Waals surface area contributed by atoms with Crippen LogP contribution in [-0.4, -0.2) is 55.1 Å². The summed E-state index contributed by atoms with van der Waals surface area (Å²) in [6.07, 6.45) is 3.92. The Hall–Kier alpha value is -0.120. The van der Waals surface area contributed by atoms with Crippen LogP contribution in [0.5, 0.6) is 0 Å². The van der Waals surface area contributed by atoms with Crippen molar-refractivity contribution in [1.82, 2.24) is 9.80 Å². The van der Waals surface area contributed by atoms with Gasteiger partial charge in [0.2, 0.25) is 0 Å². The Balaban J connectivity index is 1.85. The predicted octanol–water partition coefficient (Wildman–Crippen LogP) is 0.114. The number of likely N-dealkylation sites (tertiary alicyclic amines) is 2. The number of rotatable bonds is 1. The fourth-order valence-corrected chi connectivity index (χ4v) is 2.58. The maximum atomic E-state index is 5.91. The highest BCUT2D eigenvalue weighted by atomic mass is 15.2. The number of piperidine rings is 1. The van der Waals surface area contributed by atoms with E-state index in [1.165, 1.54) is 38.9 Å². The molecule has 0 spiro atoms. The van der Waals surface area contributed by atoms with Gasteiger partial charge in [0.05, 0.1) is 0 Å². The van der Waals surface area contributed by atoms with Gasteiger partial charge in [0, 0.05) is 31.7 Å². The third-order valence-corrected chi connectivity index (χ3v) is 3.37. The molecule has 2 N–H and O–H groups in total. The molecular formula is C10H21N3. The minimum Gasteiger partial charge on any atom is -0.326 e. The van der Waals surface area contributed by atoms with Gasteiger partial charge in [0.15, 0.2) is 0 Å². The van der Waals surface area contributed by atoms with E-state index in [2.05, 4.69) is 16.8 Å². The molecule has 2 rings (SSSR count). The van der Waals surface area contributed by atoms with Crippen LogP contribution in [0.4, 0.5) is 0 Å². The summed E-state index contributed by atoms with van der Waals surface area (Å²) in [7, 11) is 2.22. The van der Waals surface area contributed by atoms with Gasteiger partial charge >= 0.3 is 0 Å². The molecule has 0 aromatic carbocycles. The quantitative estimate of drug-likeness (QED) is 0.626. The zero-order chi connectivity index (χ0) is 9.26. The molecule has 3 nitrogen and oxygen atoms in total. The predicted molar refractivity (Wildman–Crippen MR) is 54.7 cm³/mol. The van der Waals surface area contributed by atoms with Crippen molar-refractivity contribution in [3.05, 3.63) is 0 Å². The van der Waals surface area contributed by atoms with Crippen molar-refractivity contribution in [2.24, 2.45) is 5.73 Å². The van der Waals surface area contributed by atoms with E-state index < -0.39 is 0 Å². The fraction of sp³-hybridized carbons (Fsp3) is 1.00. The minimum absolute atomic E-state index is 0.437. The Bertz CT molecular complexity index is 172. The lowest BCUT2D eigenvalue weighted by molar-refractivity contribution is 0.132. The molecule has 2 fully saturated rings. The molecule has 0 aliphatic carbocycles. The summed E-state index contributed by atoms with van der Waals surface area (Å²) in [5.74, 6) is 0. The molecule has 3 heteroatoms. The van der Waals surface area contributed by atoms with E-state index in [1.807, 2.05) is 0 Å². The van der Waals surface area contributed by atoms with Crippen LogP contribution in [0.15, 0.2) is 0 Å². The number of hydrogen-bond acceptors (Lipinski definition) is 3. The lowest BCUT2D eigenvalue weighted by atomic mass is 10.1. The van der Waals surface area contributed by atoms with Gasteiger partial charge in [-0.05, 0) is 32.9 Å². The van der Waals surface area contributed by atoms with E-state index in [4.69, 9.17) is 5.73 Å². The molecule has 2 saturated heterocycles. The van der Waals surface area contributed by atoms with Gasteiger partial charge in [-0.2, -0.15) is 0 Å². The average molecular weight is 183 g/mol. The first-order chi connectivity index (χ1) is 6.25. The van der Waals surface area contributed by atoms with E-state index in [0.29, 0.717) is 6.04 Å². The SMILES string of the molecule is CN1CCCC(N2CC[C@H](N)C2)C1. The second-order valence-electron chi connectivity index (χ2n) is 4.60. The third-order valence-electron chi connectivity index (χ3n) is 3.37. The summed E-state index contributed by atoms with van der Waals surface area (Å²) in [6.45, 7) is 4.86. The van der Waals surface area contributed by atoms with Crippen molar-refractivity contribution < 1.29 is 0 Å². The van der Waals surface area contributed by atoms with Crippen LogP contribution in [-0.2, 0) is 0 Å². The summed E-state index contributed by atoms with van der Waals surface area (Å²) in [6, 6.07) is 1.22. The first kappa shape index (κ1) is 9.44. The number of nitrogens with zero attached hydrogens (tertiary/aromatic N) is 2. The Morgan fingerprint density at radius 3 is 2.62 bits per heavy atom. The summed E-state index contributed by atoms with van der Waals surface area (Å²) in [4.78, 5) is 5.03. The second kappa shape index (κ2) is 3.95. The molecule has 0 amide bonds. The van der Waals surface area contributed by atoms with Crippen molar-refractivity contribution in [3.8, 4) is 0 Å². The topological polar surface area (TPSA) is 32.5 Å². The Morgan fingerprint density at radius 1 is 1.15 bits per heavy atom. The lowest BCUT2D eigenvalue weighted by Crippen LogP contribution is -2.46. The summed E-state index contributed by atoms with van der Waals surface area (Å²) < 4.78 is 0. The Morgan fingerprint density at radius 2 is 2.00 bits per heavy atom. The van der Waals surface area contributed by atoms with Gasteiger partial charge in [-0.15, -0.1) is 0 Å². The molecule has 2 aliphatic heterocycles. The second-order valence-corrected chi connectivity index (χ2v) is 4.60. The third kappa shape index (κ3) is 2.22. The monoisotopic (exact) mass is 183 g/mol. The van der Waals surface area contributed by atoms with E-state index in [-0.39, 0.29) is 0 Å². The molecule has 2 atom stereocenters. The van der Waals surface area contributed by atoms with Gasteiger partial charge < -0.3 is 10.6 Å². The van der Waals surface area contributed by atoms with Crippen molar-refractivity contribution >= 4 is 0 Å². The standard InChI is InChI=1S/C10H21N3/c1-12-5-2-3-10(8-12)13-6-4-9(11)7-13/h9-10H,2-8,11H2,1H3/t9-,10?/m0/s1. The molecule has 2 heterocycles. The van der Waals surface area contributed by atoms with E-state index in [9.17, 15) is 0 Å². The number of nitrogens with two attached hydrogens (primary N) is 1. The molecule has 0 bridgehead atoms. The molecular weight excluding hydrogens is 162 g/mol. The first-order valence-electron chi connectivity index (χ1n) is 5.44. The van der Waals surface area contributed by atoms with Crippen LogP contribution < -0.4 is 5.73 Å². The molecule has 0 saturated carbocycles. The van der Waals surface area contributed by atoms with Crippen LogP contribution >= 0.6 is 0 Å². The summed E-state index contributed by atoms with van der Waals surface area (Å²) in [5.41, 5.74) is 5.91. The first-order valence-corrected chi connectivity index (χ1v) is 5.44. The van der Waals surface area contributed by atoms with Crippen LogP contribution in [0.3, 0.4) is 0 Å². The van der Waals surface area contributed by atoms with Gasteiger partial charge in [-0.25, -0.2) is 0 Å². The number of hydrogen-bond donors (Lipinski definition) is 1. The van der Waals surface area contributed by atoms with Crippen LogP contribution in [0.25, 0.3) is 0 Å². The van der Waals surface area contributed by atoms with Gasteiger partial charge in [0.1, 0.15) is 0 Å². The smallest absolute Gasteiger partial charge is 0.0224 e. The molecule has 2 aliphatic rings. The van der Waals surface area contributed by atoms with Crippen molar-refractivity contribution in [2.45, 2.75) is 31.3 Å². The van der Waals surface area contributed by atoms with Crippen LogP contribution in [0.1, 0.15) is 19.3 Å². The fourth-order valence-electron chi connectivity index (χ4n) is 2.58. The van der Waals surface area contributed by atoms with Crippen molar-refractivity contribution in [1.29, 1.82) is 0 Å². The molecule has 0 radical (unpaired) electrons. The van der Waals surface area contributed by atoms with Crippen LogP contribution in [0.2, 0.25) is 0 Å². The molecule has 76 valence electrons. The Labute approximate surface area is 80.9 Å². The zero-order valence-electron chi connectivity index (χ0n) is 8.58. The molecule has 0 aromatic rings. The normalized spacial score (nSPS) is 38.3. The maximum absolute atomic E-state index is 5.91. The van der Waals surface area contributed by atoms with E-state index >= 15 is 0 Å². The highest BCUT2D eigenvalue weighted by molar-refractivity contribution is 4.86. The lowest BCUT2D eigenvalue weighted by Gasteiger charge is -2.35. The molecule has 0 aromatic heterocycles. The maximum Gasteiger partial charge on any atom is 0.0224 e. The Kier molecular flexibility index (Phi) is 2.86. The average Bonchev–Trinajstić information content (AvgIpc) is 2.52. The van der Waals surface area contributed by atoms with Gasteiger partial charge in [0.25, 0.3) is 0 Å². The zero-order valence-corrected chi connectivity index (χ0v) is 8.58. The molecule has 13 heavy (non-hydrogen) atoms. The largest absolute Gasteiger partial charge is 0.326 e. The van der Waals surface area contributed by atoms with Crippen molar-refractivity contribution in [3.63, 3.8) is 0 Å². The minimum atomic E-state index is 0.437. The highest BCUT2D eigenvalue weighted by Gasteiger charge is 2.28. The van der Waals surface area contributed by atoms with E-state index in [0.717, 1.165) is 12.6 Å². The van der Waals surface area contributed by atoms with Gasteiger partial charge in [-0.1, -0.05) is 0 Å². The van der Waals surface area contributed by atoms with Crippen LogP contribution in [0, 0.1) is 0 Å². The molecule has 1 unspecified atom stereocenters. The summed E-state index contributed by atoms with van der Waals surface area (Å²) in [5, 5.41) is 0.